The van der Waals surface area contributed by atoms with Crippen LogP contribution < -0.4 is 9.47 Å². The molecule has 1 unspecified atom stereocenters. The third-order valence-corrected chi connectivity index (χ3v) is 6.38. The second-order valence-electron chi connectivity index (χ2n) is 8.61. The molecule has 8 heteroatoms. The van der Waals surface area contributed by atoms with Gasteiger partial charge in [-0.25, -0.2) is 4.68 Å². The number of aromatic nitrogens is 3. The Morgan fingerprint density at radius 2 is 1.73 bits per heavy atom. The molecular weight excluding hydrogens is 420 g/mol. The summed E-state index contributed by atoms with van der Waals surface area (Å²) in [5, 5.41) is 8.68. The molecule has 3 aromatic rings. The molecule has 8 nitrogen and oxygen atoms in total. The maximum atomic E-state index is 12.9. The quantitative estimate of drug-likeness (QED) is 0.576. The van der Waals surface area contributed by atoms with Crippen LogP contribution in [0.25, 0.3) is 0 Å². The van der Waals surface area contributed by atoms with Gasteiger partial charge in [0.05, 0.1) is 24.4 Å². The molecule has 3 heterocycles. The number of para-hydroxylation sites is 2. The summed E-state index contributed by atoms with van der Waals surface area (Å²) in [6.07, 6.45) is 0.987. The van der Waals surface area contributed by atoms with E-state index in [4.69, 9.17) is 14.2 Å². The fraction of sp³-hybridized carbons (Fsp3) is 0.400. The lowest BCUT2D eigenvalue weighted by Gasteiger charge is -2.44. The van der Waals surface area contributed by atoms with Crippen molar-refractivity contribution in [2.75, 3.05) is 13.1 Å². The zero-order chi connectivity index (χ0) is 22.7. The number of rotatable bonds is 6. The number of likely N-dealkylation sites (tertiary alicyclic amines) is 1. The van der Waals surface area contributed by atoms with E-state index in [1.807, 2.05) is 70.2 Å². The van der Waals surface area contributed by atoms with Crippen molar-refractivity contribution in [3.8, 4) is 11.5 Å². The van der Waals surface area contributed by atoms with Gasteiger partial charge in [0, 0.05) is 13.1 Å². The van der Waals surface area contributed by atoms with Gasteiger partial charge in [-0.2, -0.15) is 0 Å². The maximum absolute atomic E-state index is 12.9. The van der Waals surface area contributed by atoms with Crippen molar-refractivity contribution in [2.24, 2.45) is 0 Å². The number of amides is 1. The Hall–Kier alpha value is -3.39. The van der Waals surface area contributed by atoms with Crippen molar-refractivity contribution in [2.45, 2.75) is 51.2 Å². The van der Waals surface area contributed by atoms with Gasteiger partial charge in [0.25, 0.3) is 5.91 Å². The van der Waals surface area contributed by atoms with Crippen molar-refractivity contribution in [3.05, 3.63) is 72.1 Å². The molecule has 0 saturated carbocycles. The Kier molecular flexibility index (Phi) is 6.00. The first-order chi connectivity index (χ1) is 16.1. The Labute approximate surface area is 193 Å². The molecule has 1 amide bonds. The third-order valence-electron chi connectivity index (χ3n) is 6.38. The normalized spacial score (nSPS) is 17.9. The molecule has 1 spiro atoms. The first kappa shape index (κ1) is 21.5. The van der Waals surface area contributed by atoms with Gasteiger partial charge in [0.1, 0.15) is 23.8 Å². The topological polar surface area (TPSA) is 78.7 Å². The summed E-state index contributed by atoms with van der Waals surface area (Å²) in [5.74, 6) is 1.51. The van der Waals surface area contributed by atoms with E-state index in [-0.39, 0.29) is 11.5 Å². The predicted molar refractivity (Wildman–Crippen MR) is 121 cm³/mol. The number of hydrogen-bond acceptors (Lipinski definition) is 6. The molecule has 1 fully saturated rings. The Morgan fingerprint density at radius 1 is 1.06 bits per heavy atom. The molecule has 2 aliphatic rings. The number of ether oxygens (including phenoxy) is 3. The highest BCUT2D eigenvalue weighted by atomic mass is 16.5. The van der Waals surface area contributed by atoms with E-state index < -0.39 is 6.10 Å². The number of fused-ring (bicyclic) bond motifs is 1. The lowest BCUT2D eigenvalue weighted by atomic mass is 9.89. The van der Waals surface area contributed by atoms with Gasteiger partial charge in [-0.1, -0.05) is 41.6 Å². The van der Waals surface area contributed by atoms with Crippen LogP contribution in [0.15, 0.2) is 60.7 Å². The fourth-order valence-corrected chi connectivity index (χ4v) is 4.42. The largest absolute Gasteiger partial charge is 0.487 e. The number of carbonyl (C=O) groups is 1. The first-order valence-corrected chi connectivity index (χ1v) is 11.4. The summed E-state index contributed by atoms with van der Waals surface area (Å²) in [6.45, 7) is 4.51. The molecule has 0 aliphatic carbocycles. The zero-order valence-electron chi connectivity index (χ0n) is 18.7. The first-order valence-electron chi connectivity index (χ1n) is 11.4. The minimum absolute atomic E-state index is 0.00584. The number of nitrogens with zero attached hydrogens (tertiary/aromatic N) is 4. The minimum atomic E-state index is -0.525. The fourth-order valence-electron chi connectivity index (χ4n) is 4.42. The van der Waals surface area contributed by atoms with Crippen molar-refractivity contribution >= 4 is 5.91 Å². The van der Waals surface area contributed by atoms with Crippen molar-refractivity contribution in [1.29, 1.82) is 0 Å². The summed E-state index contributed by atoms with van der Waals surface area (Å²) >= 11 is 0. The van der Waals surface area contributed by atoms with Crippen LogP contribution in [0.1, 0.15) is 31.2 Å². The molecule has 33 heavy (non-hydrogen) atoms. The second kappa shape index (κ2) is 9.23. The highest BCUT2D eigenvalue weighted by molar-refractivity contribution is 5.81. The highest BCUT2D eigenvalue weighted by Crippen LogP contribution is 2.34. The third kappa shape index (κ3) is 4.71. The minimum Gasteiger partial charge on any atom is -0.487 e. The smallest absolute Gasteiger partial charge is 0.263 e. The molecule has 0 radical (unpaired) electrons. The van der Waals surface area contributed by atoms with Crippen LogP contribution in [0.5, 0.6) is 11.5 Å². The van der Waals surface area contributed by atoms with Gasteiger partial charge >= 0.3 is 0 Å². The van der Waals surface area contributed by atoms with Crippen molar-refractivity contribution in [3.63, 3.8) is 0 Å². The lowest BCUT2D eigenvalue weighted by Crippen LogP contribution is -2.53. The Morgan fingerprint density at radius 3 is 2.42 bits per heavy atom. The van der Waals surface area contributed by atoms with E-state index in [1.165, 1.54) is 0 Å². The van der Waals surface area contributed by atoms with E-state index in [0.29, 0.717) is 38.6 Å². The predicted octanol–water partition coefficient (Wildman–Crippen LogP) is 3.22. The molecule has 1 aromatic heterocycles. The molecule has 172 valence electrons. The molecule has 0 N–H and O–H groups in total. The monoisotopic (exact) mass is 448 g/mol. The standard InChI is InChI=1S/C25H28N4O4/c1-19(33-21-10-6-3-7-11-21)24(30)28-14-12-25(13-15-28)18-29-23(17-32-25)22(26-27-29)16-31-20-8-4-2-5-9-20/h2-11,19H,12-18H2,1H3. The van der Waals surface area contributed by atoms with E-state index in [0.717, 1.165) is 30.0 Å². The SMILES string of the molecule is CC(Oc1ccccc1)C(=O)N1CCC2(CC1)Cn1nnc(COc3ccccc3)c1CO2. The van der Waals surface area contributed by atoms with Crippen LogP contribution in [0, 0.1) is 0 Å². The Balaban J connectivity index is 1.16. The van der Waals surface area contributed by atoms with Crippen LogP contribution in [-0.2, 0) is 29.3 Å². The Bertz CT molecular complexity index is 1080. The van der Waals surface area contributed by atoms with E-state index in [1.54, 1.807) is 6.92 Å². The molecule has 1 atom stereocenters. The summed E-state index contributed by atoms with van der Waals surface area (Å²) in [7, 11) is 0. The number of carbonyl (C=O) groups excluding carboxylic acids is 1. The van der Waals surface area contributed by atoms with Crippen LogP contribution in [0.3, 0.4) is 0 Å². The van der Waals surface area contributed by atoms with Gasteiger partial charge in [-0.05, 0) is 44.0 Å². The summed E-state index contributed by atoms with van der Waals surface area (Å²) in [5.41, 5.74) is 1.44. The van der Waals surface area contributed by atoms with Crippen molar-refractivity contribution < 1.29 is 19.0 Å². The molecule has 0 bridgehead atoms. The van der Waals surface area contributed by atoms with E-state index in [2.05, 4.69) is 10.3 Å². The number of benzene rings is 2. The molecular formula is C25H28N4O4. The van der Waals surface area contributed by atoms with Gasteiger partial charge in [-0.15, -0.1) is 5.10 Å². The molecule has 2 aromatic carbocycles. The van der Waals surface area contributed by atoms with Gasteiger partial charge in [-0.3, -0.25) is 4.79 Å². The lowest BCUT2D eigenvalue weighted by molar-refractivity contribution is -0.151. The van der Waals surface area contributed by atoms with E-state index in [9.17, 15) is 4.79 Å². The second-order valence-corrected chi connectivity index (χ2v) is 8.61. The van der Waals surface area contributed by atoms with Crippen LogP contribution in [0.2, 0.25) is 0 Å². The van der Waals surface area contributed by atoms with Gasteiger partial charge < -0.3 is 19.1 Å². The van der Waals surface area contributed by atoms with Crippen LogP contribution >= 0.6 is 0 Å². The molecule has 5 rings (SSSR count). The summed E-state index contributed by atoms with van der Waals surface area (Å²) in [6, 6.07) is 19.1. The summed E-state index contributed by atoms with van der Waals surface area (Å²) < 4.78 is 19.9. The molecule has 2 aliphatic heterocycles. The van der Waals surface area contributed by atoms with E-state index >= 15 is 0 Å². The maximum Gasteiger partial charge on any atom is 0.263 e. The average Bonchev–Trinajstić information content (AvgIpc) is 3.25. The average molecular weight is 449 g/mol. The van der Waals surface area contributed by atoms with Crippen LogP contribution in [0.4, 0.5) is 0 Å². The zero-order valence-corrected chi connectivity index (χ0v) is 18.7. The van der Waals surface area contributed by atoms with Crippen LogP contribution in [-0.4, -0.2) is 50.6 Å². The number of hydrogen-bond donors (Lipinski definition) is 0. The summed E-state index contributed by atoms with van der Waals surface area (Å²) in [4.78, 5) is 14.8. The van der Waals surface area contributed by atoms with Crippen molar-refractivity contribution in [1.82, 2.24) is 19.9 Å². The number of piperidine rings is 1. The highest BCUT2D eigenvalue weighted by Gasteiger charge is 2.42. The van der Waals surface area contributed by atoms with Gasteiger partial charge in [0.15, 0.2) is 6.10 Å². The van der Waals surface area contributed by atoms with Gasteiger partial charge in [0.2, 0.25) is 0 Å². The molecule has 1 saturated heterocycles.